The van der Waals surface area contributed by atoms with Gasteiger partial charge in [-0.25, -0.2) is 0 Å². The van der Waals surface area contributed by atoms with Gasteiger partial charge in [0, 0.05) is 32.4 Å². The number of carboxylic acids is 1. The number of nitrogens with one attached hydrogen (secondary N) is 2. The largest absolute Gasteiger partial charge is 0.481 e. The number of hydrogen-bond acceptors (Lipinski definition) is 3. The summed E-state index contributed by atoms with van der Waals surface area (Å²) in [4.78, 5) is 34.2. The molecule has 35 heavy (non-hydrogen) atoms. The van der Waals surface area contributed by atoms with Crippen LogP contribution in [0.15, 0.2) is 0 Å². The van der Waals surface area contributed by atoms with Gasteiger partial charge >= 0.3 is 5.97 Å². The Labute approximate surface area is 214 Å². The van der Waals surface area contributed by atoms with E-state index in [1.165, 1.54) is 77.0 Å². The molecule has 0 spiro atoms. The van der Waals surface area contributed by atoms with Crippen LogP contribution in [0.5, 0.6) is 0 Å². The van der Waals surface area contributed by atoms with Crippen LogP contribution in [-0.4, -0.2) is 36.5 Å². The molecule has 0 aromatic heterocycles. The van der Waals surface area contributed by atoms with E-state index in [0.717, 1.165) is 57.9 Å². The fraction of sp³-hybridized carbons (Fsp3) is 0.897. The molecular formula is C29H54N2O4. The van der Waals surface area contributed by atoms with E-state index < -0.39 is 5.97 Å². The molecule has 1 rings (SSSR count). The number of carbonyl (C=O) groups excluding carboxylic acids is 2. The van der Waals surface area contributed by atoms with Gasteiger partial charge in [-0.3, -0.25) is 14.4 Å². The molecule has 0 saturated heterocycles. The van der Waals surface area contributed by atoms with E-state index in [1.807, 2.05) is 0 Å². The SMILES string of the molecule is CNC(=O)[C@H]1CC[C@H](CNC(=O)CCCCCCCCCCCCCCCCCCC(=O)O)CC1. The van der Waals surface area contributed by atoms with Crippen LogP contribution in [0.25, 0.3) is 0 Å². The van der Waals surface area contributed by atoms with E-state index in [-0.39, 0.29) is 17.7 Å². The lowest BCUT2D eigenvalue weighted by atomic mass is 9.81. The molecule has 1 aliphatic rings. The monoisotopic (exact) mass is 494 g/mol. The first-order valence-corrected chi connectivity index (χ1v) is 14.7. The van der Waals surface area contributed by atoms with E-state index >= 15 is 0 Å². The zero-order valence-corrected chi connectivity index (χ0v) is 22.6. The molecule has 0 aromatic carbocycles. The van der Waals surface area contributed by atoms with Gasteiger partial charge in [0.2, 0.25) is 11.8 Å². The third kappa shape index (κ3) is 18.4. The van der Waals surface area contributed by atoms with Crippen molar-refractivity contribution in [2.45, 2.75) is 141 Å². The summed E-state index contributed by atoms with van der Waals surface area (Å²) < 4.78 is 0. The normalized spacial score (nSPS) is 17.7. The van der Waals surface area contributed by atoms with Crippen LogP contribution >= 0.6 is 0 Å². The van der Waals surface area contributed by atoms with E-state index in [9.17, 15) is 14.4 Å². The minimum Gasteiger partial charge on any atom is -0.481 e. The molecule has 1 fully saturated rings. The van der Waals surface area contributed by atoms with Crippen molar-refractivity contribution in [1.29, 1.82) is 0 Å². The smallest absolute Gasteiger partial charge is 0.303 e. The van der Waals surface area contributed by atoms with Gasteiger partial charge in [0.05, 0.1) is 0 Å². The van der Waals surface area contributed by atoms with Gasteiger partial charge in [0.15, 0.2) is 0 Å². The molecule has 0 unspecified atom stereocenters. The second kappa shape index (κ2) is 21.7. The van der Waals surface area contributed by atoms with Crippen LogP contribution in [0.3, 0.4) is 0 Å². The first kappa shape index (κ1) is 31.4. The van der Waals surface area contributed by atoms with Crippen molar-refractivity contribution in [2.75, 3.05) is 13.6 Å². The number of carboxylic acid groups (broad SMARTS) is 1. The molecular weight excluding hydrogens is 440 g/mol. The summed E-state index contributed by atoms with van der Waals surface area (Å²) in [5.74, 6) is 0.379. The fourth-order valence-corrected chi connectivity index (χ4v) is 5.22. The van der Waals surface area contributed by atoms with Gasteiger partial charge in [-0.1, -0.05) is 89.9 Å². The van der Waals surface area contributed by atoms with Gasteiger partial charge in [-0.2, -0.15) is 0 Å². The highest BCUT2D eigenvalue weighted by molar-refractivity contribution is 5.78. The van der Waals surface area contributed by atoms with E-state index in [4.69, 9.17) is 5.11 Å². The molecule has 0 atom stereocenters. The average Bonchev–Trinajstić information content (AvgIpc) is 2.86. The van der Waals surface area contributed by atoms with Gasteiger partial charge in [0.25, 0.3) is 0 Å². The van der Waals surface area contributed by atoms with Crippen LogP contribution in [0.4, 0.5) is 0 Å². The number of aliphatic carboxylic acids is 1. The van der Waals surface area contributed by atoms with Crippen LogP contribution < -0.4 is 10.6 Å². The van der Waals surface area contributed by atoms with E-state index in [0.29, 0.717) is 18.8 Å². The van der Waals surface area contributed by atoms with Crippen LogP contribution in [0.2, 0.25) is 0 Å². The van der Waals surface area contributed by atoms with Gasteiger partial charge in [0.1, 0.15) is 0 Å². The summed E-state index contributed by atoms with van der Waals surface area (Å²) in [6, 6.07) is 0. The quantitative estimate of drug-likeness (QED) is 0.145. The highest BCUT2D eigenvalue weighted by atomic mass is 16.4. The zero-order valence-electron chi connectivity index (χ0n) is 22.6. The summed E-state index contributed by atoms with van der Waals surface area (Å²) >= 11 is 0. The Morgan fingerprint density at radius 1 is 0.629 bits per heavy atom. The lowest BCUT2D eigenvalue weighted by molar-refractivity contribution is -0.137. The Kier molecular flexibility index (Phi) is 19.5. The summed E-state index contributed by atoms with van der Waals surface area (Å²) in [6.45, 7) is 0.772. The second-order valence-corrected chi connectivity index (χ2v) is 10.7. The topological polar surface area (TPSA) is 95.5 Å². The zero-order chi connectivity index (χ0) is 25.6. The molecule has 0 bridgehead atoms. The number of unbranched alkanes of at least 4 members (excludes halogenated alkanes) is 15. The third-order valence-electron chi connectivity index (χ3n) is 7.60. The standard InChI is InChI=1S/C29H54N2O4/c1-30-29(35)26-22-20-25(21-23-26)24-31-27(32)18-16-14-12-10-8-6-4-2-3-5-7-9-11-13-15-17-19-28(33)34/h25-26H,2-24H2,1H3,(H,30,35)(H,31,32)(H,33,34)/t25-,26-. The molecule has 0 aliphatic heterocycles. The number of rotatable bonds is 22. The maximum Gasteiger partial charge on any atom is 0.303 e. The highest BCUT2D eigenvalue weighted by Crippen LogP contribution is 2.28. The molecule has 6 nitrogen and oxygen atoms in total. The number of amides is 2. The van der Waals surface area contributed by atoms with Crippen LogP contribution in [-0.2, 0) is 14.4 Å². The fourth-order valence-electron chi connectivity index (χ4n) is 5.22. The molecule has 204 valence electrons. The van der Waals surface area contributed by atoms with E-state index in [2.05, 4.69) is 10.6 Å². The first-order valence-electron chi connectivity index (χ1n) is 14.7. The number of hydrogen-bond donors (Lipinski definition) is 3. The predicted octanol–water partition coefficient (Wildman–Crippen LogP) is 6.76. The summed E-state index contributed by atoms with van der Waals surface area (Å²) in [5.41, 5.74) is 0. The van der Waals surface area contributed by atoms with Crippen molar-refractivity contribution in [1.82, 2.24) is 10.6 Å². The van der Waals surface area contributed by atoms with E-state index in [1.54, 1.807) is 7.05 Å². The van der Waals surface area contributed by atoms with Gasteiger partial charge in [-0.15, -0.1) is 0 Å². The Morgan fingerprint density at radius 2 is 1.03 bits per heavy atom. The van der Waals surface area contributed by atoms with Crippen molar-refractivity contribution in [3.8, 4) is 0 Å². The lowest BCUT2D eigenvalue weighted by Gasteiger charge is -2.27. The third-order valence-corrected chi connectivity index (χ3v) is 7.60. The Hall–Kier alpha value is -1.59. The highest BCUT2D eigenvalue weighted by Gasteiger charge is 2.25. The molecule has 0 radical (unpaired) electrons. The Balaban J connectivity index is 1.77. The van der Waals surface area contributed by atoms with Gasteiger partial charge < -0.3 is 15.7 Å². The maximum atomic E-state index is 12.1. The maximum absolute atomic E-state index is 12.1. The van der Waals surface area contributed by atoms with Crippen molar-refractivity contribution < 1.29 is 19.5 Å². The molecule has 1 aliphatic carbocycles. The summed E-state index contributed by atoms with van der Waals surface area (Å²) in [5, 5.41) is 14.5. The van der Waals surface area contributed by atoms with Crippen molar-refractivity contribution in [2.24, 2.45) is 11.8 Å². The minimum atomic E-state index is -0.671. The molecule has 0 heterocycles. The molecule has 2 amide bonds. The van der Waals surface area contributed by atoms with Crippen molar-refractivity contribution >= 4 is 17.8 Å². The Bertz CT molecular complexity index is 559. The molecule has 1 saturated carbocycles. The molecule has 3 N–H and O–H groups in total. The predicted molar refractivity (Wildman–Crippen MR) is 143 cm³/mol. The molecule has 6 heteroatoms. The van der Waals surface area contributed by atoms with Crippen molar-refractivity contribution in [3.63, 3.8) is 0 Å². The van der Waals surface area contributed by atoms with Crippen LogP contribution in [0, 0.1) is 11.8 Å². The molecule has 0 aromatic rings. The van der Waals surface area contributed by atoms with Gasteiger partial charge in [-0.05, 0) is 44.4 Å². The summed E-state index contributed by atoms with van der Waals surface area (Å²) in [6.07, 6.45) is 24.6. The minimum absolute atomic E-state index is 0.164. The number of carbonyl (C=O) groups is 3. The van der Waals surface area contributed by atoms with Crippen LogP contribution in [0.1, 0.15) is 141 Å². The average molecular weight is 495 g/mol. The summed E-state index contributed by atoms with van der Waals surface area (Å²) in [7, 11) is 1.71. The first-order chi connectivity index (χ1) is 17.0. The lowest BCUT2D eigenvalue weighted by Crippen LogP contribution is -2.34. The Morgan fingerprint density at radius 3 is 1.43 bits per heavy atom. The van der Waals surface area contributed by atoms with Crippen molar-refractivity contribution in [3.05, 3.63) is 0 Å². The second-order valence-electron chi connectivity index (χ2n) is 10.7.